The first-order valence-corrected chi connectivity index (χ1v) is 4.02. The Bertz CT molecular complexity index is 302. The maximum atomic E-state index is 12.3. The molecule has 0 aliphatic rings. The van der Waals surface area contributed by atoms with Crippen molar-refractivity contribution in [1.82, 2.24) is 4.98 Å². The average molecular weight is 237 g/mol. The van der Waals surface area contributed by atoms with Gasteiger partial charge in [-0.3, -0.25) is 4.98 Å². The average Bonchev–Trinajstić information content (AvgIpc) is 1.97. The number of aromatic nitrogens is 1. The van der Waals surface area contributed by atoms with E-state index in [0.717, 1.165) is 0 Å². The minimum atomic E-state index is -2.57. The number of nitrogen functional groups attached to an aromatic ring is 1. The minimum absolute atomic E-state index is 0.0671. The van der Waals surface area contributed by atoms with Crippen molar-refractivity contribution in [2.24, 2.45) is 0 Å². The highest BCUT2D eigenvalue weighted by Gasteiger charge is 2.16. The fraction of sp³-hybridized carbons (Fsp3) is 0.286. The number of halogens is 3. The Labute approximate surface area is 76.9 Å². The second kappa shape index (κ2) is 3.35. The Morgan fingerprint density at radius 2 is 2.17 bits per heavy atom. The minimum Gasteiger partial charge on any atom is -0.397 e. The van der Waals surface area contributed by atoms with Crippen molar-refractivity contribution >= 4 is 21.6 Å². The molecule has 0 unspecified atom stereocenters. The van der Waals surface area contributed by atoms with Crippen LogP contribution in [0, 0.1) is 6.92 Å². The van der Waals surface area contributed by atoms with Crippen molar-refractivity contribution < 1.29 is 8.78 Å². The highest BCUT2D eigenvalue weighted by Crippen LogP contribution is 2.31. The predicted molar refractivity (Wildman–Crippen MR) is 46.0 cm³/mol. The molecule has 2 N–H and O–H groups in total. The Hall–Kier alpha value is -0.710. The molecule has 1 heterocycles. The van der Waals surface area contributed by atoms with Gasteiger partial charge in [-0.1, -0.05) is 0 Å². The molecule has 0 aromatic carbocycles. The zero-order valence-corrected chi connectivity index (χ0v) is 7.90. The van der Waals surface area contributed by atoms with Crippen LogP contribution in [0.15, 0.2) is 10.7 Å². The van der Waals surface area contributed by atoms with Crippen LogP contribution in [0.1, 0.15) is 17.7 Å². The van der Waals surface area contributed by atoms with E-state index in [9.17, 15) is 8.78 Å². The highest BCUT2D eigenvalue weighted by atomic mass is 79.9. The SMILES string of the molecule is Cc1ncc(Br)c(N)c1C(F)F. The van der Waals surface area contributed by atoms with Crippen LogP contribution in [0.5, 0.6) is 0 Å². The number of rotatable bonds is 1. The normalized spacial score (nSPS) is 10.8. The molecule has 12 heavy (non-hydrogen) atoms. The van der Waals surface area contributed by atoms with Crippen molar-refractivity contribution in [2.45, 2.75) is 13.3 Å². The van der Waals surface area contributed by atoms with Gasteiger partial charge in [0.15, 0.2) is 0 Å². The molecule has 5 heteroatoms. The second-order valence-corrected chi connectivity index (χ2v) is 3.17. The lowest BCUT2D eigenvalue weighted by Gasteiger charge is -2.08. The van der Waals surface area contributed by atoms with Crippen molar-refractivity contribution in [3.05, 3.63) is 21.9 Å². The molecule has 0 saturated heterocycles. The van der Waals surface area contributed by atoms with Gasteiger partial charge in [-0.15, -0.1) is 0 Å². The van der Waals surface area contributed by atoms with Crippen LogP contribution in [0.3, 0.4) is 0 Å². The molecule has 0 aliphatic heterocycles. The highest BCUT2D eigenvalue weighted by molar-refractivity contribution is 9.10. The van der Waals surface area contributed by atoms with E-state index in [-0.39, 0.29) is 16.9 Å². The van der Waals surface area contributed by atoms with Gasteiger partial charge in [0, 0.05) is 11.9 Å². The summed E-state index contributed by atoms with van der Waals surface area (Å²) >= 11 is 3.03. The molecule has 2 nitrogen and oxygen atoms in total. The number of alkyl halides is 2. The number of nitrogens with zero attached hydrogens (tertiary/aromatic N) is 1. The third kappa shape index (κ3) is 1.55. The zero-order valence-electron chi connectivity index (χ0n) is 6.31. The van der Waals surface area contributed by atoms with Crippen LogP contribution < -0.4 is 5.73 Å². The van der Waals surface area contributed by atoms with Crippen molar-refractivity contribution in [3.8, 4) is 0 Å². The first-order valence-electron chi connectivity index (χ1n) is 3.22. The summed E-state index contributed by atoms with van der Waals surface area (Å²) in [5, 5.41) is 0. The van der Waals surface area contributed by atoms with Gasteiger partial charge in [-0.05, 0) is 22.9 Å². The van der Waals surface area contributed by atoms with Crippen LogP contribution in [-0.2, 0) is 0 Å². The number of pyridine rings is 1. The van der Waals surface area contributed by atoms with Gasteiger partial charge in [0.1, 0.15) is 0 Å². The number of anilines is 1. The van der Waals surface area contributed by atoms with Crippen LogP contribution in [0.4, 0.5) is 14.5 Å². The molecule has 0 spiro atoms. The van der Waals surface area contributed by atoms with E-state index in [2.05, 4.69) is 20.9 Å². The maximum absolute atomic E-state index is 12.3. The van der Waals surface area contributed by atoms with Crippen LogP contribution in [0.25, 0.3) is 0 Å². The maximum Gasteiger partial charge on any atom is 0.267 e. The summed E-state index contributed by atoms with van der Waals surface area (Å²) in [6, 6.07) is 0. The third-order valence-corrected chi connectivity index (χ3v) is 2.16. The van der Waals surface area contributed by atoms with Gasteiger partial charge in [0.25, 0.3) is 6.43 Å². The number of hydrogen-bond donors (Lipinski definition) is 1. The molecular formula is C7H7BrF2N2. The fourth-order valence-corrected chi connectivity index (χ4v) is 1.21. The van der Waals surface area contributed by atoms with Crippen molar-refractivity contribution in [2.75, 3.05) is 5.73 Å². The summed E-state index contributed by atoms with van der Waals surface area (Å²) in [5.41, 5.74) is 5.56. The molecule has 0 bridgehead atoms. The Kier molecular flexibility index (Phi) is 2.62. The van der Waals surface area contributed by atoms with E-state index in [1.165, 1.54) is 13.1 Å². The molecule has 0 fully saturated rings. The molecule has 0 radical (unpaired) electrons. The number of nitrogens with two attached hydrogens (primary N) is 1. The summed E-state index contributed by atoms with van der Waals surface area (Å²) in [6.07, 6.45) is -1.16. The first kappa shape index (κ1) is 9.38. The number of aryl methyl sites for hydroxylation is 1. The van der Waals surface area contributed by atoms with Gasteiger partial charge in [-0.2, -0.15) is 0 Å². The molecular weight excluding hydrogens is 230 g/mol. The van der Waals surface area contributed by atoms with E-state index in [0.29, 0.717) is 4.47 Å². The molecule has 0 aliphatic carbocycles. The summed E-state index contributed by atoms with van der Waals surface area (Å²) in [6.45, 7) is 1.50. The lowest BCUT2D eigenvalue weighted by Crippen LogP contribution is -2.01. The zero-order chi connectivity index (χ0) is 9.30. The molecule has 1 rings (SSSR count). The molecule has 1 aromatic rings. The van der Waals surface area contributed by atoms with E-state index >= 15 is 0 Å². The molecule has 0 saturated carbocycles. The van der Waals surface area contributed by atoms with E-state index in [4.69, 9.17) is 5.73 Å². The molecule has 0 atom stereocenters. The molecule has 0 amide bonds. The molecule has 1 aromatic heterocycles. The Morgan fingerprint density at radius 3 is 2.58 bits per heavy atom. The third-order valence-electron chi connectivity index (χ3n) is 1.53. The Balaban J connectivity index is 3.33. The Morgan fingerprint density at radius 1 is 1.58 bits per heavy atom. The topological polar surface area (TPSA) is 38.9 Å². The predicted octanol–water partition coefficient (Wildman–Crippen LogP) is 2.67. The quantitative estimate of drug-likeness (QED) is 0.815. The van der Waals surface area contributed by atoms with E-state index in [1.807, 2.05) is 0 Å². The van der Waals surface area contributed by atoms with Crippen molar-refractivity contribution in [1.29, 1.82) is 0 Å². The monoisotopic (exact) mass is 236 g/mol. The van der Waals surface area contributed by atoms with Gasteiger partial charge < -0.3 is 5.73 Å². The first-order chi connectivity index (χ1) is 5.54. The van der Waals surface area contributed by atoms with Gasteiger partial charge >= 0.3 is 0 Å². The van der Waals surface area contributed by atoms with Crippen LogP contribution >= 0.6 is 15.9 Å². The van der Waals surface area contributed by atoms with Crippen LogP contribution in [-0.4, -0.2) is 4.98 Å². The van der Waals surface area contributed by atoms with Gasteiger partial charge in [0.05, 0.1) is 15.7 Å². The van der Waals surface area contributed by atoms with E-state index < -0.39 is 6.43 Å². The van der Waals surface area contributed by atoms with Gasteiger partial charge in [0.2, 0.25) is 0 Å². The molecule has 66 valence electrons. The smallest absolute Gasteiger partial charge is 0.267 e. The van der Waals surface area contributed by atoms with Gasteiger partial charge in [-0.25, -0.2) is 8.78 Å². The van der Waals surface area contributed by atoms with Crippen LogP contribution in [0.2, 0.25) is 0 Å². The summed E-state index contributed by atoms with van der Waals surface area (Å²) in [7, 11) is 0. The largest absolute Gasteiger partial charge is 0.397 e. The number of hydrogen-bond acceptors (Lipinski definition) is 2. The fourth-order valence-electron chi connectivity index (χ4n) is 0.892. The lowest BCUT2D eigenvalue weighted by molar-refractivity contribution is 0.151. The summed E-state index contributed by atoms with van der Waals surface area (Å²) < 4.78 is 25.1. The lowest BCUT2D eigenvalue weighted by atomic mass is 10.2. The van der Waals surface area contributed by atoms with Crippen molar-refractivity contribution in [3.63, 3.8) is 0 Å². The summed E-state index contributed by atoms with van der Waals surface area (Å²) in [5.74, 6) is 0. The standard InChI is InChI=1S/C7H7BrF2N2/c1-3-5(7(9)10)6(11)4(8)2-12-3/h2,7H,1H3,(H2,11,12). The van der Waals surface area contributed by atoms with E-state index in [1.54, 1.807) is 0 Å². The summed E-state index contributed by atoms with van der Waals surface area (Å²) in [4.78, 5) is 3.75. The second-order valence-electron chi connectivity index (χ2n) is 2.32.